The standard InChI is InChI=1S/C19H23N3O/c1-10(23)15-9-21-16-2-3-20-19(16)18(15)22-17-13-5-11-4-12(7-13)8-14(17)6-11/h3,9,11-14,17H,2,4-8H2,1H3,(H,21,22). The van der Waals surface area contributed by atoms with Gasteiger partial charge in [-0.3, -0.25) is 14.8 Å². The Bertz CT molecular complexity index is 681. The number of hydrogen-bond acceptors (Lipinski definition) is 4. The molecule has 0 spiro atoms. The summed E-state index contributed by atoms with van der Waals surface area (Å²) < 4.78 is 0. The Morgan fingerprint density at radius 2 is 1.83 bits per heavy atom. The molecule has 0 saturated heterocycles. The lowest BCUT2D eigenvalue weighted by atomic mass is 9.54. The molecule has 4 bridgehead atoms. The van der Waals surface area contributed by atoms with Crippen LogP contribution in [0.15, 0.2) is 11.2 Å². The summed E-state index contributed by atoms with van der Waals surface area (Å²) >= 11 is 0. The summed E-state index contributed by atoms with van der Waals surface area (Å²) in [5.41, 5.74) is 3.57. The van der Waals surface area contributed by atoms with Gasteiger partial charge in [0.2, 0.25) is 0 Å². The van der Waals surface area contributed by atoms with Gasteiger partial charge in [-0.1, -0.05) is 0 Å². The number of hydrogen-bond donors (Lipinski definition) is 1. The van der Waals surface area contributed by atoms with E-state index < -0.39 is 0 Å². The second kappa shape index (κ2) is 4.89. The predicted molar refractivity (Wildman–Crippen MR) is 90.6 cm³/mol. The van der Waals surface area contributed by atoms with Crippen molar-refractivity contribution in [3.63, 3.8) is 0 Å². The van der Waals surface area contributed by atoms with Gasteiger partial charge in [0.1, 0.15) is 5.69 Å². The number of anilines is 1. The zero-order chi connectivity index (χ0) is 15.6. The van der Waals surface area contributed by atoms with Gasteiger partial charge in [0.05, 0.1) is 16.9 Å². The van der Waals surface area contributed by atoms with Gasteiger partial charge in [-0.05, 0) is 62.7 Å². The van der Waals surface area contributed by atoms with Crippen molar-refractivity contribution in [1.82, 2.24) is 4.98 Å². The number of pyridine rings is 1. The first-order chi connectivity index (χ1) is 11.2. The third-order valence-electron chi connectivity index (χ3n) is 6.55. The lowest BCUT2D eigenvalue weighted by molar-refractivity contribution is 0.00753. The molecule has 1 aliphatic heterocycles. The molecule has 0 atom stereocenters. The fourth-order valence-electron chi connectivity index (χ4n) is 5.79. The SMILES string of the molecule is CC(=O)c1cnc2c(c1NC1C3CC4CC(C3)CC1C4)N=CC2. The van der Waals surface area contributed by atoms with Crippen LogP contribution in [-0.4, -0.2) is 23.0 Å². The van der Waals surface area contributed by atoms with Gasteiger partial charge >= 0.3 is 0 Å². The van der Waals surface area contributed by atoms with Crippen molar-refractivity contribution in [3.05, 3.63) is 17.5 Å². The number of carbonyl (C=O) groups excluding carboxylic acids is 1. The van der Waals surface area contributed by atoms with Crippen molar-refractivity contribution in [3.8, 4) is 0 Å². The van der Waals surface area contributed by atoms with Gasteiger partial charge < -0.3 is 5.32 Å². The van der Waals surface area contributed by atoms with Crippen LogP contribution in [0.25, 0.3) is 0 Å². The molecule has 1 aromatic heterocycles. The van der Waals surface area contributed by atoms with E-state index in [9.17, 15) is 4.79 Å². The highest BCUT2D eigenvalue weighted by Gasteiger charge is 2.48. The molecule has 4 saturated carbocycles. The van der Waals surface area contributed by atoms with Gasteiger partial charge in [0.25, 0.3) is 0 Å². The normalized spacial score (nSPS) is 36.3. The number of nitrogens with zero attached hydrogens (tertiary/aromatic N) is 2. The smallest absolute Gasteiger partial charge is 0.163 e. The summed E-state index contributed by atoms with van der Waals surface area (Å²) in [6.07, 6.45) is 11.4. The number of carbonyl (C=O) groups is 1. The second-order valence-corrected chi connectivity index (χ2v) is 8.02. The minimum Gasteiger partial charge on any atom is -0.379 e. The molecule has 120 valence electrons. The first-order valence-electron chi connectivity index (χ1n) is 9.01. The molecule has 0 aromatic carbocycles. The molecule has 2 heterocycles. The average Bonchev–Trinajstić information content (AvgIpc) is 2.98. The third kappa shape index (κ3) is 2.07. The lowest BCUT2D eigenvalue weighted by Crippen LogP contribution is -2.51. The Morgan fingerprint density at radius 3 is 2.48 bits per heavy atom. The van der Waals surface area contributed by atoms with Crippen LogP contribution in [0.3, 0.4) is 0 Å². The molecule has 23 heavy (non-hydrogen) atoms. The van der Waals surface area contributed by atoms with Crippen LogP contribution in [0.4, 0.5) is 11.4 Å². The molecule has 4 fully saturated rings. The third-order valence-corrected chi connectivity index (χ3v) is 6.55. The zero-order valence-corrected chi connectivity index (χ0v) is 13.6. The summed E-state index contributed by atoms with van der Waals surface area (Å²) in [7, 11) is 0. The molecule has 0 radical (unpaired) electrons. The molecule has 1 aromatic rings. The minimum absolute atomic E-state index is 0.0775. The number of nitrogens with one attached hydrogen (secondary N) is 1. The predicted octanol–water partition coefficient (Wildman–Crippen LogP) is 3.78. The van der Waals surface area contributed by atoms with Gasteiger partial charge in [-0.2, -0.15) is 0 Å². The van der Waals surface area contributed by atoms with E-state index in [0.29, 0.717) is 11.6 Å². The summed E-state index contributed by atoms with van der Waals surface area (Å²) in [4.78, 5) is 21.0. The molecular weight excluding hydrogens is 286 g/mol. The molecule has 0 unspecified atom stereocenters. The summed E-state index contributed by atoms with van der Waals surface area (Å²) in [5, 5.41) is 3.80. The van der Waals surface area contributed by atoms with Gasteiger partial charge in [0.15, 0.2) is 5.78 Å². The van der Waals surface area contributed by atoms with E-state index >= 15 is 0 Å². The van der Waals surface area contributed by atoms with Crippen LogP contribution in [-0.2, 0) is 6.42 Å². The second-order valence-electron chi connectivity index (χ2n) is 8.02. The van der Waals surface area contributed by atoms with E-state index in [1.807, 2.05) is 6.21 Å². The van der Waals surface area contributed by atoms with Crippen LogP contribution < -0.4 is 5.32 Å². The highest BCUT2D eigenvalue weighted by molar-refractivity contribution is 6.03. The summed E-state index contributed by atoms with van der Waals surface area (Å²) in [6.45, 7) is 1.63. The maximum Gasteiger partial charge on any atom is 0.163 e. The Hall–Kier alpha value is -1.71. The van der Waals surface area contributed by atoms with E-state index in [1.165, 1.54) is 32.1 Å². The number of fused-ring (bicyclic) bond motifs is 1. The molecule has 0 amide bonds. The Labute approximate surface area is 136 Å². The fourth-order valence-corrected chi connectivity index (χ4v) is 5.79. The van der Waals surface area contributed by atoms with Gasteiger partial charge in [0, 0.05) is 24.9 Å². The molecule has 1 N–H and O–H groups in total. The van der Waals surface area contributed by atoms with Gasteiger partial charge in [-0.15, -0.1) is 0 Å². The quantitative estimate of drug-likeness (QED) is 0.865. The Balaban J connectivity index is 1.52. The van der Waals surface area contributed by atoms with Crippen molar-refractivity contribution in [1.29, 1.82) is 0 Å². The summed E-state index contributed by atoms with van der Waals surface area (Å²) in [5.74, 6) is 3.56. The van der Waals surface area contributed by atoms with E-state index in [0.717, 1.165) is 47.2 Å². The molecular formula is C19H23N3O. The highest BCUT2D eigenvalue weighted by Crippen LogP contribution is 2.55. The monoisotopic (exact) mass is 309 g/mol. The van der Waals surface area contributed by atoms with Crippen LogP contribution in [0.5, 0.6) is 0 Å². The van der Waals surface area contributed by atoms with E-state index in [1.54, 1.807) is 13.1 Å². The molecule has 4 heteroatoms. The van der Waals surface area contributed by atoms with Crippen molar-refractivity contribution in [2.75, 3.05) is 5.32 Å². The topological polar surface area (TPSA) is 54.4 Å². The number of rotatable bonds is 3. The van der Waals surface area contributed by atoms with Crippen LogP contribution in [0.2, 0.25) is 0 Å². The number of Topliss-reactive ketones (excluding diaryl/α,β-unsaturated/α-hetero) is 1. The van der Waals surface area contributed by atoms with E-state index in [4.69, 9.17) is 0 Å². The largest absolute Gasteiger partial charge is 0.379 e. The maximum absolute atomic E-state index is 12.1. The number of aliphatic imine (C=N–C) groups is 1. The summed E-state index contributed by atoms with van der Waals surface area (Å²) in [6, 6.07) is 0.517. The van der Waals surface area contributed by atoms with Crippen LogP contribution >= 0.6 is 0 Å². The molecule has 4 nitrogen and oxygen atoms in total. The molecule has 5 aliphatic rings. The van der Waals surface area contributed by atoms with Crippen molar-refractivity contribution in [2.24, 2.45) is 28.7 Å². The minimum atomic E-state index is 0.0775. The van der Waals surface area contributed by atoms with Crippen molar-refractivity contribution in [2.45, 2.75) is 51.5 Å². The Kier molecular flexibility index (Phi) is 2.91. The lowest BCUT2D eigenvalue weighted by Gasteiger charge is -2.54. The fraction of sp³-hybridized carbons (Fsp3) is 0.632. The first-order valence-corrected chi connectivity index (χ1v) is 9.01. The van der Waals surface area contributed by atoms with E-state index in [-0.39, 0.29) is 5.78 Å². The Morgan fingerprint density at radius 1 is 1.13 bits per heavy atom. The van der Waals surface area contributed by atoms with E-state index in [2.05, 4.69) is 15.3 Å². The average molecular weight is 309 g/mol. The number of aromatic nitrogens is 1. The molecule has 6 rings (SSSR count). The van der Waals surface area contributed by atoms with Crippen molar-refractivity contribution < 1.29 is 4.79 Å². The van der Waals surface area contributed by atoms with Crippen molar-refractivity contribution >= 4 is 23.4 Å². The first kappa shape index (κ1) is 13.7. The molecule has 4 aliphatic carbocycles. The van der Waals surface area contributed by atoms with Crippen LogP contribution in [0, 0.1) is 23.7 Å². The zero-order valence-electron chi connectivity index (χ0n) is 13.6. The highest BCUT2D eigenvalue weighted by atomic mass is 16.1. The van der Waals surface area contributed by atoms with Gasteiger partial charge in [-0.25, -0.2) is 0 Å². The maximum atomic E-state index is 12.1. The number of ketones is 1. The van der Waals surface area contributed by atoms with Crippen LogP contribution in [0.1, 0.15) is 55.1 Å².